The van der Waals surface area contributed by atoms with Crippen molar-refractivity contribution in [3.63, 3.8) is 0 Å². The Balaban J connectivity index is 1.49. The molecule has 0 saturated carbocycles. The number of rotatable bonds is 11. The molecule has 1 aromatic carbocycles. The largest absolute Gasteiger partial charge is 0.481 e. The van der Waals surface area contributed by atoms with E-state index in [4.69, 9.17) is 10.5 Å². The number of aliphatic carboxylic acids is 2. The van der Waals surface area contributed by atoms with Crippen LogP contribution in [0, 0.1) is 0 Å². The molecule has 2 aliphatic heterocycles. The molecule has 0 radical (unpaired) electrons. The molecule has 2 aliphatic rings. The highest BCUT2D eigenvalue weighted by Gasteiger charge is 2.54. The number of nitrogens with two attached hydrogens (primary N) is 1. The topological polar surface area (TPSA) is 214 Å². The third kappa shape index (κ3) is 5.44. The molecule has 0 spiro atoms. The molecular formula is C20H21N7O7S2. The van der Waals surface area contributed by atoms with Crippen molar-refractivity contribution >= 4 is 47.3 Å². The Morgan fingerprint density at radius 1 is 1.36 bits per heavy atom. The fourth-order valence-electron chi connectivity index (χ4n) is 3.87. The molecule has 3 heterocycles. The number of benzene rings is 1. The van der Waals surface area contributed by atoms with E-state index in [1.807, 2.05) is 0 Å². The Morgan fingerprint density at radius 2 is 2.17 bits per heavy atom. The van der Waals surface area contributed by atoms with Crippen LogP contribution >= 0.6 is 23.5 Å². The molecule has 2 amide bonds. The van der Waals surface area contributed by atoms with E-state index in [0.717, 1.165) is 16.7 Å². The first kappa shape index (κ1) is 25.5. The van der Waals surface area contributed by atoms with Crippen molar-refractivity contribution in [3.05, 3.63) is 41.1 Å². The van der Waals surface area contributed by atoms with Crippen LogP contribution in [0.4, 0.5) is 0 Å². The van der Waals surface area contributed by atoms with Crippen LogP contribution < -0.4 is 15.8 Å². The summed E-state index contributed by atoms with van der Waals surface area (Å²) in [5.41, 5.74) is 6.00. The molecule has 16 heteroatoms. The van der Waals surface area contributed by atoms with Crippen molar-refractivity contribution in [2.45, 2.75) is 34.7 Å². The van der Waals surface area contributed by atoms with Gasteiger partial charge in [-0.15, -0.1) is 16.9 Å². The summed E-state index contributed by atoms with van der Waals surface area (Å²) in [6.45, 7) is -0.0104. The number of ether oxygens (including phenoxy) is 1. The van der Waals surface area contributed by atoms with Crippen LogP contribution in [0.25, 0.3) is 0 Å². The van der Waals surface area contributed by atoms with E-state index in [2.05, 4.69) is 25.9 Å². The van der Waals surface area contributed by atoms with Gasteiger partial charge >= 0.3 is 11.9 Å². The first-order valence-corrected chi connectivity index (χ1v) is 12.5. The van der Waals surface area contributed by atoms with Crippen molar-refractivity contribution in [1.82, 2.24) is 30.8 Å². The standard InChI is InChI=1S/C20H21N7O7S2/c21-8-34-10-3-1-2-9(4-10)5-13(28)22-15-17(31)27-16(19(32)33)11(7-35-18(15)27)12(6-14(29)30)36-20-23-25-26-24-20/h1-4,12,15,18H,5-8,21H2,(H,22,28)(H,29,30)(H,32,33)(H,23,24,25,26)/t12?,15?,18-/m0/s1. The van der Waals surface area contributed by atoms with Crippen molar-refractivity contribution in [2.24, 2.45) is 5.73 Å². The van der Waals surface area contributed by atoms with Gasteiger partial charge in [-0.05, 0) is 33.7 Å². The van der Waals surface area contributed by atoms with Crippen molar-refractivity contribution < 1.29 is 34.1 Å². The van der Waals surface area contributed by atoms with Gasteiger partial charge in [-0.25, -0.2) is 9.89 Å². The first-order chi connectivity index (χ1) is 17.3. The number of aromatic nitrogens is 4. The third-order valence-electron chi connectivity index (χ3n) is 5.36. The van der Waals surface area contributed by atoms with Gasteiger partial charge in [0.2, 0.25) is 11.1 Å². The van der Waals surface area contributed by atoms with Crippen LogP contribution in [0.3, 0.4) is 0 Å². The highest BCUT2D eigenvalue weighted by molar-refractivity contribution is 8.01. The first-order valence-electron chi connectivity index (χ1n) is 10.5. The Kier molecular flexibility index (Phi) is 7.76. The van der Waals surface area contributed by atoms with Crippen LogP contribution in [-0.4, -0.2) is 88.6 Å². The minimum absolute atomic E-state index is 0.0104. The lowest BCUT2D eigenvalue weighted by Crippen LogP contribution is -2.70. The maximum absolute atomic E-state index is 13.0. The van der Waals surface area contributed by atoms with E-state index in [0.29, 0.717) is 11.3 Å². The minimum atomic E-state index is -1.36. The summed E-state index contributed by atoms with van der Waals surface area (Å²) >= 11 is 2.21. The number of carboxylic acid groups (broad SMARTS) is 2. The Bertz CT molecular complexity index is 1210. The minimum Gasteiger partial charge on any atom is -0.481 e. The van der Waals surface area contributed by atoms with E-state index >= 15 is 0 Å². The van der Waals surface area contributed by atoms with Crippen molar-refractivity contribution in [1.29, 1.82) is 0 Å². The summed E-state index contributed by atoms with van der Waals surface area (Å²) in [5, 5.41) is 33.8. The van der Waals surface area contributed by atoms with Crippen molar-refractivity contribution in [2.75, 3.05) is 12.5 Å². The molecule has 4 rings (SSSR count). The number of thioether (sulfide) groups is 2. The number of carbonyl (C=O) groups is 4. The average Bonchev–Trinajstić information content (AvgIpc) is 3.34. The smallest absolute Gasteiger partial charge is 0.352 e. The highest BCUT2D eigenvalue weighted by atomic mass is 32.2. The SMILES string of the molecule is NCOc1cccc(CC(=O)NC2C(=O)N3C(C(=O)O)=C(C(CC(=O)O)Sc4nnn[nH]4)CS[C@@H]23)c1. The van der Waals surface area contributed by atoms with Gasteiger partial charge in [0.1, 0.15) is 29.6 Å². The van der Waals surface area contributed by atoms with Gasteiger partial charge in [-0.3, -0.25) is 25.0 Å². The molecule has 1 aromatic heterocycles. The molecule has 36 heavy (non-hydrogen) atoms. The molecule has 0 bridgehead atoms. The summed E-state index contributed by atoms with van der Waals surface area (Å²) in [4.78, 5) is 50.3. The van der Waals surface area contributed by atoms with Crippen LogP contribution in [0.15, 0.2) is 40.7 Å². The fraction of sp³-hybridized carbons (Fsp3) is 0.350. The maximum Gasteiger partial charge on any atom is 0.352 e. The van der Waals surface area contributed by atoms with Gasteiger partial charge in [0.15, 0.2) is 0 Å². The van der Waals surface area contributed by atoms with Crippen LogP contribution in [0.1, 0.15) is 12.0 Å². The number of aromatic amines is 1. The van der Waals surface area contributed by atoms with Crippen LogP contribution in [0.2, 0.25) is 0 Å². The number of hydrogen-bond donors (Lipinski definition) is 5. The molecule has 1 fully saturated rings. The predicted octanol–water partition coefficient (Wildman–Crippen LogP) is -0.589. The molecular weight excluding hydrogens is 514 g/mol. The molecule has 6 N–H and O–H groups in total. The number of carboxylic acids is 2. The summed E-state index contributed by atoms with van der Waals surface area (Å²) in [6, 6.07) is 5.90. The number of amides is 2. The van der Waals surface area contributed by atoms with Gasteiger partial charge in [-0.2, -0.15) is 0 Å². The lowest BCUT2D eigenvalue weighted by Gasteiger charge is -2.50. The Labute approximate surface area is 212 Å². The number of β-lactam (4-membered cyclic amide) rings is 1. The van der Waals surface area contributed by atoms with Crippen molar-refractivity contribution in [3.8, 4) is 5.75 Å². The highest BCUT2D eigenvalue weighted by Crippen LogP contribution is 2.44. The monoisotopic (exact) mass is 535 g/mol. The van der Waals surface area contributed by atoms with E-state index < -0.39 is 46.8 Å². The lowest BCUT2D eigenvalue weighted by atomic mass is 10.00. The number of tetrazole rings is 1. The zero-order valence-corrected chi connectivity index (χ0v) is 20.1. The quantitative estimate of drug-likeness (QED) is 0.138. The summed E-state index contributed by atoms with van der Waals surface area (Å²) in [6.07, 6.45) is -0.420. The summed E-state index contributed by atoms with van der Waals surface area (Å²) in [5.74, 6) is -2.86. The number of hydrogen-bond acceptors (Lipinski definition) is 11. The van der Waals surface area contributed by atoms with Crippen LogP contribution in [0.5, 0.6) is 5.75 Å². The Hall–Kier alpha value is -3.63. The van der Waals surface area contributed by atoms with Gasteiger partial charge in [0.05, 0.1) is 12.8 Å². The molecule has 2 unspecified atom stereocenters. The molecule has 0 aliphatic carbocycles. The van der Waals surface area contributed by atoms with E-state index in [9.17, 15) is 29.4 Å². The second-order valence-electron chi connectivity index (χ2n) is 7.68. The maximum atomic E-state index is 13.0. The van der Waals surface area contributed by atoms with Gasteiger partial charge in [0.25, 0.3) is 5.91 Å². The van der Waals surface area contributed by atoms with E-state index in [1.54, 1.807) is 24.3 Å². The number of nitrogens with one attached hydrogen (secondary N) is 2. The second kappa shape index (κ2) is 11.0. The van der Waals surface area contributed by atoms with E-state index in [1.165, 1.54) is 11.8 Å². The fourth-order valence-corrected chi connectivity index (χ4v) is 6.41. The number of fused-ring (bicyclic) bond motifs is 1. The zero-order chi connectivity index (χ0) is 25.8. The van der Waals surface area contributed by atoms with E-state index in [-0.39, 0.29) is 35.3 Å². The molecule has 3 atom stereocenters. The molecule has 190 valence electrons. The number of carbonyl (C=O) groups excluding carboxylic acids is 2. The van der Waals surface area contributed by atoms with Crippen LogP contribution in [-0.2, 0) is 25.6 Å². The summed E-state index contributed by atoms with van der Waals surface area (Å²) in [7, 11) is 0. The van der Waals surface area contributed by atoms with Gasteiger partial charge < -0.3 is 20.3 Å². The molecule has 2 aromatic rings. The van der Waals surface area contributed by atoms with Gasteiger partial charge in [-0.1, -0.05) is 23.9 Å². The Morgan fingerprint density at radius 3 is 2.83 bits per heavy atom. The number of H-pyrrole nitrogens is 1. The normalized spacial score (nSPS) is 19.8. The summed E-state index contributed by atoms with van der Waals surface area (Å²) < 4.78 is 5.22. The van der Waals surface area contributed by atoms with Gasteiger partial charge in [0, 0.05) is 11.0 Å². The predicted molar refractivity (Wildman–Crippen MR) is 126 cm³/mol. The second-order valence-corrected chi connectivity index (χ2v) is 9.98. The number of nitrogens with zero attached hydrogens (tertiary/aromatic N) is 4. The molecule has 1 saturated heterocycles. The lowest BCUT2D eigenvalue weighted by molar-refractivity contribution is -0.150. The average molecular weight is 536 g/mol. The molecule has 14 nitrogen and oxygen atoms in total. The third-order valence-corrected chi connectivity index (χ3v) is 7.79. The zero-order valence-electron chi connectivity index (χ0n) is 18.5.